The highest BCUT2D eigenvalue weighted by Crippen LogP contribution is 2.30. The molecule has 6 nitrogen and oxygen atoms in total. The molecule has 0 bridgehead atoms. The number of nitrogens with zero attached hydrogens (tertiary/aromatic N) is 1. The number of amides is 2. The van der Waals surface area contributed by atoms with Crippen molar-refractivity contribution in [1.82, 2.24) is 0 Å². The molecule has 0 saturated heterocycles. The summed E-state index contributed by atoms with van der Waals surface area (Å²) in [5.41, 5.74) is 5.33. The third-order valence-electron chi connectivity index (χ3n) is 6.67. The minimum atomic E-state index is -0.511. The van der Waals surface area contributed by atoms with E-state index in [0.29, 0.717) is 28.1 Å². The van der Waals surface area contributed by atoms with Gasteiger partial charge >= 0.3 is 5.97 Å². The van der Waals surface area contributed by atoms with Crippen molar-refractivity contribution >= 4 is 29.2 Å². The molecule has 41 heavy (non-hydrogen) atoms. The number of hydrogen-bond acceptors (Lipinski definition) is 4. The molecule has 0 atom stereocenters. The minimum absolute atomic E-state index is 0.244. The van der Waals surface area contributed by atoms with Crippen molar-refractivity contribution in [3.05, 3.63) is 150 Å². The third-order valence-corrected chi connectivity index (χ3v) is 6.67. The van der Waals surface area contributed by atoms with Gasteiger partial charge in [0.05, 0.1) is 11.3 Å². The van der Waals surface area contributed by atoms with Gasteiger partial charge in [0.1, 0.15) is 0 Å². The zero-order valence-corrected chi connectivity index (χ0v) is 22.7. The molecule has 5 rings (SSSR count). The van der Waals surface area contributed by atoms with Crippen molar-refractivity contribution in [2.24, 2.45) is 0 Å². The molecule has 0 heterocycles. The van der Waals surface area contributed by atoms with Gasteiger partial charge in [-0.2, -0.15) is 0 Å². The van der Waals surface area contributed by atoms with Crippen molar-refractivity contribution in [1.29, 1.82) is 0 Å². The number of esters is 1. The maximum Gasteiger partial charge on any atom is 0.343 e. The predicted molar refractivity (Wildman–Crippen MR) is 162 cm³/mol. The highest BCUT2D eigenvalue weighted by molar-refractivity contribution is 6.10. The van der Waals surface area contributed by atoms with Gasteiger partial charge in [0.25, 0.3) is 11.8 Å². The molecule has 6 heteroatoms. The van der Waals surface area contributed by atoms with Crippen molar-refractivity contribution in [3.63, 3.8) is 0 Å². The smallest absolute Gasteiger partial charge is 0.343 e. The van der Waals surface area contributed by atoms with Gasteiger partial charge in [-0.05, 0) is 72.6 Å². The number of benzene rings is 5. The van der Waals surface area contributed by atoms with Gasteiger partial charge in [0, 0.05) is 23.9 Å². The fraction of sp³-hybridized carbons (Fsp3) is 0.0571. The largest absolute Gasteiger partial charge is 0.421 e. The van der Waals surface area contributed by atoms with Crippen LogP contribution >= 0.6 is 0 Å². The van der Waals surface area contributed by atoms with E-state index in [1.54, 1.807) is 85.9 Å². The Labute approximate surface area is 238 Å². The third kappa shape index (κ3) is 6.23. The van der Waals surface area contributed by atoms with E-state index in [1.807, 2.05) is 55.5 Å². The number of hydrogen-bond donors (Lipinski definition) is 1. The molecule has 2 amide bonds. The molecule has 1 N–H and O–H groups in total. The van der Waals surface area contributed by atoms with Gasteiger partial charge in [0.15, 0.2) is 5.75 Å². The summed E-state index contributed by atoms with van der Waals surface area (Å²) in [6, 6.07) is 37.7. The lowest BCUT2D eigenvalue weighted by Gasteiger charge is -2.20. The lowest BCUT2D eigenvalue weighted by Crippen LogP contribution is -2.27. The molecular formula is C35H28N2O4. The second kappa shape index (κ2) is 12.1. The first kappa shape index (κ1) is 27.1. The first-order chi connectivity index (χ1) is 19.9. The standard InChI is InChI=1S/C35H28N2O4/c1-24-16-18-25(19-17-24)29-12-6-7-13-30(29)33(38)36-28-22-20-26(21-23-28)34(39)37(2)31-14-8-9-15-32(31)41-35(40)27-10-4-3-5-11-27/h3-23H,1-2H3,(H,36,38). The van der Waals surface area contributed by atoms with Gasteiger partial charge in [-0.15, -0.1) is 0 Å². The van der Waals surface area contributed by atoms with Crippen molar-refractivity contribution < 1.29 is 19.1 Å². The molecule has 202 valence electrons. The van der Waals surface area contributed by atoms with Gasteiger partial charge in [-0.1, -0.05) is 78.4 Å². The second-order valence-corrected chi connectivity index (χ2v) is 9.53. The maximum absolute atomic E-state index is 13.3. The summed E-state index contributed by atoms with van der Waals surface area (Å²) in [6.07, 6.45) is 0. The van der Waals surface area contributed by atoms with Gasteiger partial charge in [-0.25, -0.2) is 4.79 Å². The summed E-state index contributed by atoms with van der Waals surface area (Å²) in [7, 11) is 1.62. The van der Waals surface area contributed by atoms with Crippen LogP contribution in [0.15, 0.2) is 127 Å². The normalized spacial score (nSPS) is 10.5. The quantitative estimate of drug-likeness (QED) is 0.172. The van der Waals surface area contributed by atoms with Crippen LogP contribution in [0.5, 0.6) is 5.75 Å². The Morgan fingerprint density at radius 2 is 1.29 bits per heavy atom. The maximum atomic E-state index is 13.3. The summed E-state index contributed by atoms with van der Waals surface area (Å²) in [5, 5.41) is 2.93. The molecule has 0 radical (unpaired) electrons. The number of carbonyl (C=O) groups is 3. The van der Waals surface area contributed by atoms with Crippen LogP contribution in [-0.4, -0.2) is 24.8 Å². The molecule has 0 spiro atoms. The van der Waals surface area contributed by atoms with Gasteiger partial charge in [-0.3, -0.25) is 9.59 Å². The van der Waals surface area contributed by atoms with E-state index in [4.69, 9.17) is 4.74 Å². The van der Waals surface area contributed by atoms with Crippen LogP contribution < -0.4 is 15.0 Å². The van der Waals surface area contributed by atoms with E-state index in [0.717, 1.165) is 16.7 Å². The van der Waals surface area contributed by atoms with Crippen molar-refractivity contribution in [2.75, 3.05) is 17.3 Å². The van der Waals surface area contributed by atoms with Crippen LogP contribution in [0.1, 0.15) is 36.6 Å². The number of para-hydroxylation sites is 2. The van der Waals surface area contributed by atoms with Gasteiger partial charge < -0.3 is 15.0 Å². The average molecular weight is 541 g/mol. The average Bonchev–Trinajstić information content (AvgIpc) is 3.02. The number of anilines is 2. The SMILES string of the molecule is Cc1ccc(-c2ccccc2C(=O)Nc2ccc(C(=O)N(C)c3ccccc3OC(=O)c3ccccc3)cc2)cc1. The zero-order valence-electron chi connectivity index (χ0n) is 22.7. The molecule has 0 aliphatic carbocycles. The van der Waals surface area contributed by atoms with Gasteiger partial charge in [0.2, 0.25) is 0 Å². The lowest BCUT2D eigenvalue weighted by molar-refractivity contribution is 0.0733. The fourth-order valence-corrected chi connectivity index (χ4v) is 4.42. The fourth-order valence-electron chi connectivity index (χ4n) is 4.42. The van der Waals surface area contributed by atoms with E-state index in [9.17, 15) is 14.4 Å². The molecule has 0 aliphatic rings. The molecular weight excluding hydrogens is 512 g/mol. The summed E-state index contributed by atoms with van der Waals surface area (Å²) in [5.74, 6) is -0.779. The molecule has 0 saturated carbocycles. The molecule has 0 aromatic heterocycles. The summed E-state index contributed by atoms with van der Waals surface area (Å²) in [4.78, 5) is 40.6. The van der Waals surface area contributed by atoms with Crippen LogP contribution in [0.25, 0.3) is 11.1 Å². The Balaban J connectivity index is 1.30. The molecule has 0 fully saturated rings. The lowest BCUT2D eigenvalue weighted by atomic mass is 9.98. The number of carbonyl (C=O) groups excluding carboxylic acids is 3. The second-order valence-electron chi connectivity index (χ2n) is 9.53. The number of aryl methyl sites for hydroxylation is 1. The first-order valence-corrected chi connectivity index (χ1v) is 13.1. The van der Waals surface area contributed by atoms with Crippen LogP contribution in [0.3, 0.4) is 0 Å². The zero-order chi connectivity index (χ0) is 28.8. The number of rotatable bonds is 7. The van der Waals surface area contributed by atoms with E-state index in [2.05, 4.69) is 5.32 Å². The summed E-state index contributed by atoms with van der Waals surface area (Å²) < 4.78 is 5.61. The Morgan fingerprint density at radius 1 is 0.659 bits per heavy atom. The van der Waals surface area contributed by atoms with Crippen LogP contribution in [0.4, 0.5) is 11.4 Å². The summed E-state index contributed by atoms with van der Waals surface area (Å²) >= 11 is 0. The van der Waals surface area contributed by atoms with E-state index >= 15 is 0 Å². The Hall–Kier alpha value is -5.49. The highest BCUT2D eigenvalue weighted by Gasteiger charge is 2.20. The monoisotopic (exact) mass is 540 g/mol. The number of nitrogens with one attached hydrogen (secondary N) is 1. The van der Waals surface area contributed by atoms with Crippen molar-refractivity contribution in [2.45, 2.75) is 6.92 Å². The molecule has 0 unspecified atom stereocenters. The number of ether oxygens (including phenoxy) is 1. The molecule has 5 aromatic rings. The van der Waals surface area contributed by atoms with Crippen molar-refractivity contribution in [3.8, 4) is 16.9 Å². The highest BCUT2D eigenvalue weighted by atomic mass is 16.5. The van der Waals surface area contributed by atoms with Crippen LogP contribution in [0.2, 0.25) is 0 Å². The Morgan fingerprint density at radius 3 is 2.02 bits per heavy atom. The molecule has 0 aliphatic heterocycles. The molecule has 5 aromatic carbocycles. The van der Waals surface area contributed by atoms with E-state index in [1.165, 1.54) is 4.90 Å². The van der Waals surface area contributed by atoms with Crippen LogP contribution in [-0.2, 0) is 0 Å². The first-order valence-electron chi connectivity index (χ1n) is 13.1. The Kier molecular flexibility index (Phi) is 8.02. The predicted octanol–water partition coefficient (Wildman–Crippen LogP) is 7.41. The van der Waals surface area contributed by atoms with E-state index in [-0.39, 0.29) is 17.6 Å². The Bertz CT molecular complexity index is 1700. The van der Waals surface area contributed by atoms with E-state index < -0.39 is 5.97 Å². The minimum Gasteiger partial charge on any atom is -0.421 e. The summed E-state index contributed by atoms with van der Waals surface area (Å²) in [6.45, 7) is 2.02. The topological polar surface area (TPSA) is 75.7 Å². The van der Waals surface area contributed by atoms with Crippen LogP contribution in [0, 0.1) is 6.92 Å².